The molecule has 1 unspecified atom stereocenters. The molecule has 4 fully saturated rings. The molecule has 3 saturated carbocycles. The Morgan fingerprint density at radius 2 is 1.77 bits per heavy atom. The summed E-state index contributed by atoms with van der Waals surface area (Å²) < 4.78 is 69.8. The van der Waals surface area contributed by atoms with Crippen LogP contribution in [0.4, 0.5) is 15.8 Å². The van der Waals surface area contributed by atoms with E-state index in [2.05, 4.69) is 14.4 Å². The number of carbonyl (C=O) groups is 2. The second-order valence-electron chi connectivity index (χ2n) is 11.2. The molecule has 3 aliphatic carbocycles. The summed E-state index contributed by atoms with van der Waals surface area (Å²) in [5, 5.41) is 2.89. The molecule has 5 aliphatic rings. The van der Waals surface area contributed by atoms with E-state index in [9.17, 15) is 30.8 Å². The van der Waals surface area contributed by atoms with Crippen LogP contribution in [0.3, 0.4) is 0 Å². The van der Waals surface area contributed by atoms with Gasteiger partial charge in [-0.25, -0.2) is 12.8 Å². The fourth-order valence-corrected chi connectivity index (χ4v) is 8.65. The van der Waals surface area contributed by atoms with E-state index in [0.29, 0.717) is 5.56 Å². The van der Waals surface area contributed by atoms with Gasteiger partial charge in [0.2, 0.25) is 15.9 Å². The Kier molecular flexibility index (Phi) is 6.30. The normalized spacial score (nSPS) is 28.8. The first-order valence-electron chi connectivity index (χ1n) is 13.2. The number of fused-ring (bicyclic) bond motifs is 3. The number of anilines is 2. The average Bonchev–Trinajstić information content (AvgIpc) is 2.88. The molecular formula is C27H29FN4O6S2. The second kappa shape index (κ2) is 9.37. The van der Waals surface area contributed by atoms with Crippen LogP contribution in [-0.4, -0.2) is 51.6 Å². The van der Waals surface area contributed by atoms with Crippen molar-refractivity contribution in [2.45, 2.75) is 50.1 Å². The number of hydrogen-bond donors (Lipinski definition) is 2. The van der Waals surface area contributed by atoms with Crippen molar-refractivity contribution in [3.05, 3.63) is 53.3 Å². The van der Waals surface area contributed by atoms with E-state index >= 15 is 0 Å². The summed E-state index contributed by atoms with van der Waals surface area (Å²) in [5.74, 6) is -3.07. The molecule has 2 bridgehead atoms. The van der Waals surface area contributed by atoms with E-state index in [1.165, 1.54) is 18.2 Å². The minimum atomic E-state index is -4.37. The highest BCUT2D eigenvalue weighted by Gasteiger charge is 2.58. The third-order valence-corrected chi connectivity index (χ3v) is 10.5. The zero-order chi connectivity index (χ0) is 28.6. The molecule has 40 heavy (non-hydrogen) atoms. The van der Waals surface area contributed by atoms with Gasteiger partial charge < -0.3 is 10.2 Å². The Bertz CT molecular complexity index is 1680. The average molecular weight is 589 g/mol. The lowest BCUT2D eigenvalue weighted by Gasteiger charge is -2.55. The van der Waals surface area contributed by atoms with Gasteiger partial charge in [-0.05, 0) is 79.8 Å². The topological polar surface area (TPSA) is 142 Å². The number of likely N-dealkylation sites (tertiary alicyclic amines) is 1. The summed E-state index contributed by atoms with van der Waals surface area (Å²) >= 11 is 0. The molecule has 1 saturated heterocycles. The first kappa shape index (κ1) is 26.9. The first-order valence-corrected chi connectivity index (χ1v) is 16.5. The Labute approximate surface area is 232 Å². The smallest absolute Gasteiger partial charge is 0.286 e. The predicted octanol–water partition coefficient (Wildman–Crippen LogP) is 3.05. The number of nitrogens with zero attached hydrogens (tertiary/aromatic N) is 2. The lowest BCUT2D eigenvalue weighted by atomic mass is 9.57. The minimum absolute atomic E-state index is 0.0388. The van der Waals surface area contributed by atoms with Gasteiger partial charge >= 0.3 is 0 Å². The molecule has 0 spiro atoms. The Balaban J connectivity index is 1.39. The molecule has 2 aromatic carbocycles. The number of carbonyl (C=O) groups excluding carboxylic acids is 2. The highest BCUT2D eigenvalue weighted by molar-refractivity contribution is 7.92. The highest BCUT2D eigenvalue weighted by atomic mass is 32.2. The molecule has 0 aromatic heterocycles. The lowest BCUT2D eigenvalue weighted by molar-refractivity contribution is -0.162. The lowest BCUT2D eigenvalue weighted by Crippen LogP contribution is -2.66. The number of ketones is 1. The maximum atomic E-state index is 14.1. The number of halogens is 1. The molecule has 2 heterocycles. The first-order chi connectivity index (χ1) is 18.8. The molecule has 2 aliphatic heterocycles. The van der Waals surface area contributed by atoms with Crippen molar-refractivity contribution in [1.82, 2.24) is 4.90 Å². The van der Waals surface area contributed by atoms with Crippen molar-refractivity contribution in [1.29, 1.82) is 0 Å². The molecule has 7 rings (SSSR count). The fourth-order valence-electron chi connectivity index (χ4n) is 6.91. The number of Topliss-reactive ketones (excluding diaryl/α,β-unsaturated/α-hetero) is 1. The molecule has 2 N–H and O–H groups in total. The van der Waals surface area contributed by atoms with E-state index < -0.39 is 37.8 Å². The molecule has 2 aromatic rings. The number of benzene rings is 2. The van der Waals surface area contributed by atoms with E-state index in [0.717, 1.165) is 43.6 Å². The van der Waals surface area contributed by atoms with Gasteiger partial charge in [-0.1, -0.05) is 12.1 Å². The van der Waals surface area contributed by atoms with Gasteiger partial charge in [0.1, 0.15) is 16.5 Å². The number of piperidine rings is 1. The molecule has 10 nitrogen and oxygen atoms in total. The van der Waals surface area contributed by atoms with Crippen LogP contribution >= 0.6 is 0 Å². The summed E-state index contributed by atoms with van der Waals surface area (Å²) in [7, 11) is -8.02. The molecule has 13 heteroatoms. The van der Waals surface area contributed by atoms with E-state index in [1.807, 2.05) is 0 Å². The van der Waals surface area contributed by atoms with Crippen LogP contribution in [-0.2, 0) is 36.2 Å². The van der Waals surface area contributed by atoms with E-state index in [4.69, 9.17) is 0 Å². The van der Waals surface area contributed by atoms with Gasteiger partial charge in [0.05, 0.1) is 11.9 Å². The van der Waals surface area contributed by atoms with Gasteiger partial charge in [0.15, 0.2) is 11.7 Å². The number of rotatable bonds is 5. The SMILES string of the molecule is Cc1cc(CN2C(=O)C(C3=NS(=O)(=O)c4cc(NS(C)(=O)=O)ccc4N3)C(=O)[C@@H]3C4CCC(CC4)[C@@H]32)ccc1F. The maximum absolute atomic E-state index is 14.1. The minimum Gasteiger partial charge on any atom is -0.341 e. The largest absolute Gasteiger partial charge is 0.341 e. The zero-order valence-corrected chi connectivity index (χ0v) is 23.6. The Morgan fingerprint density at radius 3 is 2.45 bits per heavy atom. The van der Waals surface area contributed by atoms with E-state index in [1.54, 1.807) is 24.0 Å². The van der Waals surface area contributed by atoms with Crippen LogP contribution in [0.5, 0.6) is 0 Å². The number of amides is 1. The monoisotopic (exact) mass is 588 g/mol. The summed E-state index contributed by atoms with van der Waals surface area (Å²) in [4.78, 5) is 29.5. The number of aryl methyl sites for hydroxylation is 1. The molecule has 1 amide bonds. The molecule has 0 radical (unpaired) electrons. The standard InChI is InChI=1S/C27H29FN4O6S2/c1-14-11-15(3-9-19(14)28)13-32-24-17-6-4-16(5-7-17)22(24)25(33)23(27(32)34)26-29-20-10-8-18(30-39(2,35)36)12-21(20)40(37,38)31-26/h3,8-12,16-17,22-24,30H,4-7,13H2,1-2H3,(H,29,31)/t16?,17?,22-,23?,24+/m1/s1. The molecule has 3 atom stereocenters. The van der Waals surface area contributed by atoms with E-state index in [-0.39, 0.29) is 58.1 Å². The zero-order valence-electron chi connectivity index (χ0n) is 21.9. The second-order valence-corrected chi connectivity index (χ2v) is 14.6. The summed E-state index contributed by atoms with van der Waals surface area (Å²) in [6, 6.07) is 8.26. The maximum Gasteiger partial charge on any atom is 0.286 e. The van der Waals surface area contributed by atoms with Crippen LogP contribution in [0, 0.1) is 36.4 Å². The number of nitrogens with one attached hydrogen (secondary N) is 2. The van der Waals surface area contributed by atoms with Crippen molar-refractivity contribution in [2.75, 3.05) is 16.3 Å². The van der Waals surface area contributed by atoms with Gasteiger partial charge in [-0.3, -0.25) is 14.3 Å². The van der Waals surface area contributed by atoms with Crippen molar-refractivity contribution < 1.29 is 30.8 Å². The van der Waals surface area contributed by atoms with Crippen molar-refractivity contribution >= 4 is 48.9 Å². The Hall–Kier alpha value is -3.32. The summed E-state index contributed by atoms with van der Waals surface area (Å²) in [5.41, 5.74) is 1.31. The van der Waals surface area contributed by atoms with Gasteiger partial charge in [0, 0.05) is 24.2 Å². The third-order valence-electron chi connectivity index (χ3n) is 8.57. The predicted molar refractivity (Wildman–Crippen MR) is 146 cm³/mol. The van der Waals surface area contributed by atoms with Crippen LogP contribution < -0.4 is 10.0 Å². The van der Waals surface area contributed by atoms with Gasteiger partial charge in [0.25, 0.3) is 10.0 Å². The summed E-state index contributed by atoms with van der Waals surface area (Å²) in [6.07, 6.45) is 4.53. The Morgan fingerprint density at radius 1 is 1.07 bits per heavy atom. The van der Waals surface area contributed by atoms with Crippen LogP contribution in [0.15, 0.2) is 45.7 Å². The molecular weight excluding hydrogens is 559 g/mol. The van der Waals surface area contributed by atoms with Crippen LogP contribution in [0.25, 0.3) is 0 Å². The quantitative estimate of drug-likeness (QED) is 0.512. The number of sulfonamides is 2. The van der Waals surface area contributed by atoms with Crippen LogP contribution in [0.1, 0.15) is 36.8 Å². The van der Waals surface area contributed by atoms with Gasteiger partial charge in [-0.2, -0.15) is 8.42 Å². The van der Waals surface area contributed by atoms with Crippen LogP contribution in [0.2, 0.25) is 0 Å². The van der Waals surface area contributed by atoms with Crippen molar-refractivity contribution in [3.8, 4) is 0 Å². The third kappa shape index (κ3) is 4.58. The number of hydrogen-bond acceptors (Lipinski definition) is 7. The molecule has 212 valence electrons. The van der Waals surface area contributed by atoms with Crippen molar-refractivity contribution in [2.24, 2.45) is 28.1 Å². The summed E-state index contributed by atoms with van der Waals surface area (Å²) in [6.45, 7) is 1.82. The number of amidine groups is 1. The van der Waals surface area contributed by atoms with Gasteiger partial charge in [-0.15, -0.1) is 4.40 Å². The highest BCUT2D eigenvalue weighted by Crippen LogP contribution is 2.51. The van der Waals surface area contributed by atoms with Crippen molar-refractivity contribution in [3.63, 3.8) is 0 Å². The fraction of sp³-hybridized carbons (Fsp3) is 0.444.